The van der Waals surface area contributed by atoms with Crippen LogP contribution in [-0.4, -0.2) is 9.97 Å². The van der Waals surface area contributed by atoms with Crippen molar-refractivity contribution in [2.75, 3.05) is 0 Å². The van der Waals surface area contributed by atoms with E-state index in [4.69, 9.17) is 0 Å². The number of hydrogen-bond donors (Lipinski definition) is 0. The molecule has 0 N–H and O–H groups in total. The summed E-state index contributed by atoms with van der Waals surface area (Å²) < 4.78 is 0.697. The molecule has 1 rings (SSSR count). The van der Waals surface area contributed by atoms with Crippen molar-refractivity contribution in [3.8, 4) is 0 Å². The molecule has 1 heterocycles. The first kappa shape index (κ1) is 8.14. The van der Waals surface area contributed by atoms with Gasteiger partial charge in [-0.1, -0.05) is 20.5 Å². The zero-order valence-corrected chi connectivity index (χ0v) is 6.86. The second kappa shape index (κ2) is 4.07. The van der Waals surface area contributed by atoms with E-state index in [1.165, 1.54) is 6.33 Å². The molecule has 0 aliphatic rings. The largest absolute Gasteiger partial charge is 0.418 e. The molecule has 1 radical (unpaired) electrons. The third-order valence-electron chi connectivity index (χ3n) is 0.496. The average Bonchev–Trinajstić information content (AvgIpc) is 1.69. The summed E-state index contributed by atoms with van der Waals surface area (Å²) in [6.45, 7) is 0. The topological polar surface area (TPSA) is 25.8 Å². The minimum atomic E-state index is 0. The van der Waals surface area contributed by atoms with E-state index in [9.17, 15) is 0 Å². The Balaban J connectivity index is 0.000000490. The molecule has 0 saturated heterocycles. The van der Waals surface area contributed by atoms with E-state index >= 15 is 0 Å². The number of nitrogens with zero attached hydrogens (tertiary/aromatic N) is 2. The van der Waals surface area contributed by atoms with Gasteiger partial charge in [0.15, 0.2) is 0 Å². The van der Waals surface area contributed by atoms with Gasteiger partial charge in [-0.3, -0.25) is 9.97 Å². The van der Waals surface area contributed by atoms with E-state index in [1.54, 1.807) is 6.20 Å². The fraction of sp³-hybridized carbons (Fsp3) is 0. The van der Waals surface area contributed by atoms with Gasteiger partial charge >= 0.3 is 0 Å². The van der Waals surface area contributed by atoms with E-state index in [2.05, 4.69) is 32.0 Å². The molecular formula is C4H2BrN2V-. The second-order valence-electron chi connectivity index (χ2n) is 0.958. The van der Waals surface area contributed by atoms with Crippen LogP contribution < -0.4 is 0 Å². The van der Waals surface area contributed by atoms with Crippen molar-refractivity contribution in [3.05, 3.63) is 23.2 Å². The molecular weight excluding hydrogens is 207 g/mol. The van der Waals surface area contributed by atoms with Gasteiger partial charge in [0.25, 0.3) is 0 Å². The quantitative estimate of drug-likeness (QED) is 0.471. The van der Waals surface area contributed by atoms with Crippen LogP contribution in [0.15, 0.2) is 17.1 Å². The van der Waals surface area contributed by atoms with Crippen molar-refractivity contribution < 1.29 is 18.6 Å². The van der Waals surface area contributed by atoms with E-state index in [-0.39, 0.29) is 18.6 Å². The summed E-state index contributed by atoms with van der Waals surface area (Å²) in [4.78, 5) is 7.38. The Hall–Kier alpha value is 0.144. The molecule has 0 spiro atoms. The Bertz CT molecular complexity index is 144. The van der Waals surface area contributed by atoms with Crippen LogP contribution in [0.5, 0.6) is 0 Å². The molecule has 0 unspecified atom stereocenters. The number of halogens is 1. The van der Waals surface area contributed by atoms with Crippen LogP contribution in [0.25, 0.3) is 0 Å². The molecule has 0 aliphatic heterocycles. The van der Waals surface area contributed by atoms with Crippen molar-refractivity contribution in [3.63, 3.8) is 0 Å². The molecule has 0 amide bonds. The fourth-order valence-corrected chi connectivity index (χ4v) is 0.439. The van der Waals surface area contributed by atoms with Gasteiger partial charge in [0.05, 0.1) is 0 Å². The first-order valence-electron chi connectivity index (χ1n) is 1.73. The second-order valence-corrected chi connectivity index (χ2v) is 1.71. The van der Waals surface area contributed by atoms with Crippen molar-refractivity contribution >= 4 is 15.9 Å². The monoisotopic (exact) mass is 208 g/mol. The molecule has 41 valence electrons. The first-order chi connectivity index (χ1) is 3.39. The maximum absolute atomic E-state index is 3.73. The van der Waals surface area contributed by atoms with Gasteiger partial charge in [0.2, 0.25) is 0 Å². The van der Waals surface area contributed by atoms with Crippen LogP contribution in [-0.2, 0) is 18.6 Å². The van der Waals surface area contributed by atoms with E-state index < -0.39 is 0 Å². The summed E-state index contributed by atoms with van der Waals surface area (Å²) in [5.74, 6) is 0. The van der Waals surface area contributed by atoms with Crippen LogP contribution in [0, 0.1) is 6.07 Å². The van der Waals surface area contributed by atoms with E-state index in [1.807, 2.05) is 0 Å². The molecule has 0 fully saturated rings. The SMILES string of the molecule is Brc1[c-]cncn1.[V]. The van der Waals surface area contributed by atoms with Crippen molar-refractivity contribution in [1.82, 2.24) is 9.97 Å². The third kappa shape index (κ3) is 2.45. The fourth-order valence-electron chi connectivity index (χ4n) is 0.245. The van der Waals surface area contributed by atoms with Crippen LogP contribution in [0.4, 0.5) is 0 Å². The van der Waals surface area contributed by atoms with E-state index in [0.29, 0.717) is 4.60 Å². The van der Waals surface area contributed by atoms with Crippen molar-refractivity contribution in [2.24, 2.45) is 0 Å². The molecule has 0 aliphatic carbocycles. The Morgan fingerprint density at radius 2 is 2.38 bits per heavy atom. The van der Waals surface area contributed by atoms with Gasteiger partial charge in [-0.05, 0) is 0 Å². The summed E-state index contributed by atoms with van der Waals surface area (Å²) in [5.41, 5.74) is 0. The summed E-state index contributed by atoms with van der Waals surface area (Å²) in [7, 11) is 0. The first-order valence-corrected chi connectivity index (χ1v) is 2.52. The summed E-state index contributed by atoms with van der Waals surface area (Å²) in [6.07, 6.45) is 3.01. The number of aromatic nitrogens is 2. The van der Waals surface area contributed by atoms with Crippen LogP contribution in [0.1, 0.15) is 0 Å². The minimum absolute atomic E-state index is 0. The predicted molar refractivity (Wildman–Crippen MR) is 28.6 cm³/mol. The molecule has 0 saturated carbocycles. The Labute approximate surface area is 67.7 Å². The molecule has 2 nitrogen and oxygen atoms in total. The zero-order valence-electron chi connectivity index (χ0n) is 3.87. The van der Waals surface area contributed by atoms with Crippen LogP contribution >= 0.6 is 15.9 Å². The van der Waals surface area contributed by atoms with Gasteiger partial charge < -0.3 is 6.07 Å². The summed E-state index contributed by atoms with van der Waals surface area (Å²) in [5, 5.41) is 0. The minimum Gasteiger partial charge on any atom is -0.418 e. The van der Waals surface area contributed by atoms with E-state index in [0.717, 1.165) is 0 Å². The van der Waals surface area contributed by atoms with Crippen molar-refractivity contribution in [2.45, 2.75) is 0 Å². The molecule has 1 aromatic rings. The Morgan fingerprint density at radius 3 is 2.62 bits per heavy atom. The summed E-state index contributed by atoms with van der Waals surface area (Å²) >= 11 is 3.10. The summed E-state index contributed by atoms with van der Waals surface area (Å²) in [6, 6.07) is 2.73. The Kier molecular flexibility index (Phi) is 4.14. The predicted octanol–water partition coefficient (Wildman–Crippen LogP) is 1.04. The zero-order chi connectivity index (χ0) is 5.11. The normalized spacial score (nSPS) is 7.62. The van der Waals surface area contributed by atoms with Gasteiger partial charge in [-0.15, -0.1) is 6.20 Å². The standard InChI is InChI=1S/C4H2BrN2.V/c5-4-1-2-6-3-7-4;/h2-3H;/q-1;. The third-order valence-corrected chi connectivity index (χ3v) is 0.930. The smallest absolute Gasteiger partial charge is 0.109 e. The van der Waals surface area contributed by atoms with Gasteiger partial charge in [0, 0.05) is 18.6 Å². The molecule has 0 atom stereocenters. The van der Waals surface area contributed by atoms with Gasteiger partial charge in [-0.2, -0.15) is 0 Å². The molecule has 1 aromatic heterocycles. The van der Waals surface area contributed by atoms with Crippen LogP contribution in [0.3, 0.4) is 0 Å². The number of hydrogen-bond acceptors (Lipinski definition) is 2. The maximum atomic E-state index is 3.73. The van der Waals surface area contributed by atoms with Gasteiger partial charge in [0.1, 0.15) is 6.33 Å². The molecule has 8 heavy (non-hydrogen) atoms. The van der Waals surface area contributed by atoms with Crippen LogP contribution in [0.2, 0.25) is 0 Å². The van der Waals surface area contributed by atoms with Crippen molar-refractivity contribution in [1.29, 1.82) is 0 Å². The molecule has 0 aromatic carbocycles. The molecule has 0 bridgehead atoms. The van der Waals surface area contributed by atoms with Gasteiger partial charge in [-0.25, -0.2) is 0 Å². The maximum Gasteiger partial charge on any atom is 0.109 e. The Morgan fingerprint density at radius 1 is 1.62 bits per heavy atom. The number of rotatable bonds is 0. The average molecular weight is 209 g/mol. The molecule has 4 heteroatoms.